The van der Waals surface area contributed by atoms with E-state index in [2.05, 4.69) is 4.90 Å². The Balaban J connectivity index is 1.80. The smallest absolute Gasteiger partial charge is 0.329 e. The van der Waals surface area contributed by atoms with Gasteiger partial charge in [0.05, 0.1) is 5.60 Å². The van der Waals surface area contributed by atoms with Crippen LogP contribution in [0.25, 0.3) is 0 Å². The second kappa shape index (κ2) is 5.85. The number of ether oxygens (including phenoxy) is 1. The highest BCUT2D eigenvalue weighted by molar-refractivity contribution is 5.68. The zero-order valence-corrected chi connectivity index (χ0v) is 11.2. The van der Waals surface area contributed by atoms with Gasteiger partial charge in [-0.3, -0.25) is 4.90 Å². The number of aliphatic carboxylic acids is 1. The molecule has 0 spiro atoms. The average Bonchev–Trinajstić information content (AvgIpc) is 2.35. The second-order valence-electron chi connectivity index (χ2n) is 5.32. The Morgan fingerprint density at radius 3 is 2.50 bits per heavy atom. The lowest BCUT2D eigenvalue weighted by Gasteiger charge is -2.47. The molecule has 1 heterocycles. The number of hydrogen-bond acceptors (Lipinski definition) is 3. The number of benzene rings is 1. The van der Waals surface area contributed by atoms with E-state index in [0.29, 0.717) is 19.6 Å². The Bertz CT molecular complexity index is 470. The van der Waals surface area contributed by atoms with E-state index in [1.54, 1.807) is 12.1 Å². The van der Waals surface area contributed by atoms with Gasteiger partial charge in [-0.1, -0.05) is 24.3 Å². The van der Waals surface area contributed by atoms with Crippen molar-refractivity contribution < 1.29 is 23.4 Å². The van der Waals surface area contributed by atoms with E-state index in [9.17, 15) is 13.6 Å². The number of likely N-dealkylation sites (tertiary alicyclic amines) is 1. The lowest BCUT2D eigenvalue weighted by molar-refractivity contribution is -0.165. The number of hydrogen-bond donors (Lipinski definition) is 1. The zero-order valence-electron chi connectivity index (χ0n) is 11.2. The van der Waals surface area contributed by atoms with Gasteiger partial charge in [-0.15, -0.1) is 0 Å². The number of carboxylic acid groups (broad SMARTS) is 1. The summed E-state index contributed by atoms with van der Waals surface area (Å²) in [4.78, 5) is 12.5. The predicted molar refractivity (Wildman–Crippen MR) is 68.7 cm³/mol. The molecule has 1 aromatic carbocycles. The van der Waals surface area contributed by atoms with E-state index in [1.807, 2.05) is 6.92 Å². The van der Waals surface area contributed by atoms with Crippen LogP contribution < -0.4 is 0 Å². The molecule has 20 heavy (non-hydrogen) atoms. The first-order chi connectivity index (χ1) is 9.38. The molecule has 1 N–H and O–H groups in total. The summed E-state index contributed by atoms with van der Waals surface area (Å²) in [5, 5.41) is 8.57. The standard InChI is InChI=1S/C14H17F2NO3/c1-14(20-7-12(18)19)8-17(9-14)6-10-2-4-11(5-3-10)13(15)16/h2-5,13H,6-9H2,1H3,(H,18,19). The van der Waals surface area contributed by atoms with Gasteiger partial charge >= 0.3 is 5.97 Å². The Morgan fingerprint density at radius 1 is 1.40 bits per heavy atom. The van der Waals surface area contributed by atoms with Gasteiger partial charge in [0.25, 0.3) is 6.43 Å². The van der Waals surface area contributed by atoms with Crippen molar-refractivity contribution in [2.24, 2.45) is 0 Å². The fourth-order valence-corrected chi connectivity index (χ4v) is 2.37. The van der Waals surface area contributed by atoms with E-state index in [0.717, 1.165) is 5.56 Å². The molecule has 110 valence electrons. The molecule has 0 atom stereocenters. The molecular formula is C14H17F2NO3. The number of carboxylic acids is 1. The number of carbonyl (C=O) groups is 1. The van der Waals surface area contributed by atoms with Gasteiger partial charge in [0.2, 0.25) is 0 Å². The van der Waals surface area contributed by atoms with Crippen LogP contribution in [0.15, 0.2) is 24.3 Å². The van der Waals surface area contributed by atoms with Gasteiger partial charge in [0.1, 0.15) is 6.61 Å². The molecule has 1 aliphatic heterocycles. The Hall–Kier alpha value is -1.53. The summed E-state index contributed by atoms with van der Waals surface area (Å²) in [7, 11) is 0. The molecule has 2 rings (SSSR count). The van der Waals surface area contributed by atoms with Gasteiger partial charge in [-0.2, -0.15) is 0 Å². The molecule has 0 aromatic heterocycles. The Labute approximate surface area is 116 Å². The van der Waals surface area contributed by atoms with Crippen molar-refractivity contribution in [1.29, 1.82) is 0 Å². The van der Waals surface area contributed by atoms with Gasteiger partial charge in [-0.25, -0.2) is 13.6 Å². The molecule has 0 bridgehead atoms. The maximum Gasteiger partial charge on any atom is 0.329 e. The van der Waals surface area contributed by atoms with E-state index in [1.165, 1.54) is 12.1 Å². The predicted octanol–water partition coefficient (Wildman–Crippen LogP) is 2.30. The number of nitrogens with zero attached hydrogens (tertiary/aromatic N) is 1. The number of alkyl halides is 2. The molecule has 1 saturated heterocycles. The number of rotatable bonds is 6. The minimum atomic E-state index is -2.44. The van der Waals surface area contributed by atoms with Crippen LogP contribution in [0.4, 0.5) is 8.78 Å². The molecule has 0 saturated carbocycles. The molecule has 0 unspecified atom stereocenters. The normalized spacial score (nSPS) is 18.0. The van der Waals surface area contributed by atoms with Crippen molar-refractivity contribution in [2.75, 3.05) is 19.7 Å². The summed E-state index contributed by atoms with van der Waals surface area (Å²) in [6.45, 7) is 3.49. The fraction of sp³-hybridized carbons (Fsp3) is 0.500. The summed E-state index contributed by atoms with van der Waals surface area (Å²) >= 11 is 0. The molecule has 0 aliphatic carbocycles. The first-order valence-electron chi connectivity index (χ1n) is 6.33. The second-order valence-corrected chi connectivity index (χ2v) is 5.32. The summed E-state index contributed by atoms with van der Waals surface area (Å²) in [5.41, 5.74) is 0.545. The van der Waals surface area contributed by atoms with E-state index >= 15 is 0 Å². The maximum absolute atomic E-state index is 12.4. The lowest BCUT2D eigenvalue weighted by atomic mass is 9.95. The zero-order chi connectivity index (χ0) is 14.8. The average molecular weight is 285 g/mol. The third kappa shape index (κ3) is 3.74. The van der Waals surface area contributed by atoms with Crippen LogP contribution in [0.5, 0.6) is 0 Å². The molecule has 1 aliphatic rings. The molecular weight excluding hydrogens is 268 g/mol. The highest BCUT2D eigenvalue weighted by Crippen LogP contribution is 2.27. The molecule has 1 fully saturated rings. The molecule has 0 amide bonds. The van der Waals surface area contributed by atoms with Crippen LogP contribution in [0, 0.1) is 0 Å². The quantitative estimate of drug-likeness (QED) is 0.871. The van der Waals surface area contributed by atoms with E-state index < -0.39 is 18.0 Å². The topological polar surface area (TPSA) is 49.8 Å². The fourth-order valence-electron chi connectivity index (χ4n) is 2.37. The van der Waals surface area contributed by atoms with Gasteiger partial charge in [0, 0.05) is 25.2 Å². The number of halogens is 2. The molecule has 4 nitrogen and oxygen atoms in total. The van der Waals surface area contributed by atoms with E-state index in [-0.39, 0.29) is 12.2 Å². The van der Waals surface area contributed by atoms with Gasteiger partial charge in [0.15, 0.2) is 0 Å². The lowest BCUT2D eigenvalue weighted by Crippen LogP contribution is -2.61. The van der Waals surface area contributed by atoms with Crippen LogP contribution in [-0.2, 0) is 16.1 Å². The van der Waals surface area contributed by atoms with Crippen LogP contribution in [0.2, 0.25) is 0 Å². The van der Waals surface area contributed by atoms with Crippen molar-refractivity contribution in [3.8, 4) is 0 Å². The van der Waals surface area contributed by atoms with Crippen molar-refractivity contribution in [1.82, 2.24) is 4.90 Å². The first kappa shape index (κ1) is 14.9. The van der Waals surface area contributed by atoms with Crippen molar-refractivity contribution in [2.45, 2.75) is 25.5 Å². The van der Waals surface area contributed by atoms with Crippen LogP contribution in [-0.4, -0.2) is 41.3 Å². The van der Waals surface area contributed by atoms with Crippen molar-refractivity contribution in [3.05, 3.63) is 35.4 Å². The highest BCUT2D eigenvalue weighted by Gasteiger charge is 2.39. The third-order valence-electron chi connectivity index (χ3n) is 3.30. The SMILES string of the molecule is CC1(OCC(=O)O)CN(Cc2ccc(C(F)F)cc2)C1. The van der Waals surface area contributed by atoms with Crippen LogP contribution >= 0.6 is 0 Å². The van der Waals surface area contributed by atoms with Gasteiger partial charge in [-0.05, 0) is 12.5 Å². The summed E-state index contributed by atoms with van der Waals surface area (Å²) in [6, 6.07) is 6.24. The molecule has 0 radical (unpaired) electrons. The van der Waals surface area contributed by atoms with Gasteiger partial charge < -0.3 is 9.84 Å². The summed E-state index contributed by atoms with van der Waals surface area (Å²) in [6.07, 6.45) is -2.44. The van der Waals surface area contributed by atoms with Crippen molar-refractivity contribution in [3.63, 3.8) is 0 Å². The molecule has 1 aromatic rings. The minimum Gasteiger partial charge on any atom is -0.480 e. The molecule has 6 heteroatoms. The van der Waals surface area contributed by atoms with Crippen molar-refractivity contribution >= 4 is 5.97 Å². The summed E-state index contributed by atoms with van der Waals surface area (Å²) in [5.74, 6) is -0.979. The first-order valence-corrected chi connectivity index (χ1v) is 6.33. The Morgan fingerprint density at radius 2 is 2.00 bits per heavy atom. The van der Waals surface area contributed by atoms with Crippen LogP contribution in [0.3, 0.4) is 0 Å². The highest BCUT2D eigenvalue weighted by atomic mass is 19.3. The minimum absolute atomic E-state index is 0.0204. The van der Waals surface area contributed by atoms with E-state index in [4.69, 9.17) is 9.84 Å². The summed E-state index contributed by atoms with van der Waals surface area (Å²) < 4.78 is 30.1. The Kier molecular flexibility index (Phi) is 4.35. The third-order valence-corrected chi connectivity index (χ3v) is 3.30. The van der Waals surface area contributed by atoms with Crippen LogP contribution in [0.1, 0.15) is 24.5 Å². The maximum atomic E-state index is 12.4. The monoisotopic (exact) mass is 285 g/mol. The largest absolute Gasteiger partial charge is 0.480 e.